The minimum Gasteiger partial charge on any atom is -0.354 e. The molecule has 0 saturated carbocycles. The number of hydrogen-bond acceptors (Lipinski definition) is 4. The summed E-state index contributed by atoms with van der Waals surface area (Å²) in [5, 5.41) is 6.63. The molecule has 27 heavy (non-hydrogen) atoms. The summed E-state index contributed by atoms with van der Waals surface area (Å²) in [6.07, 6.45) is 3.51. The number of aryl methyl sites for hydroxylation is 1. The van der Waals surface area contributed by atoms with Gasteiger partial charge in [0.15, 0.2) is 0 Å². The third-order valence-electron chi connectivity index (χ3n) is 4.05. The highest BCUT2D eigenvalue weighted by Crippen LogP contribution is 2.14. The van der Waals surface area contributed by atoms with E-state index in [1.807, 2.05) is 36.4 Å². The number of carbonyl (C=O) groups excluding carboxylic acids is 1. The van der Waals surface area contributed by atoms with Crippen molar-refractivity contribution in [2.75, 3.05) is 11.9 Å². The average Bonchev–Trinajstić information content (AvgIpc) is 2.71. The minimum atomic E-state index is -0.260. The molecule has 0 atom stereocenters. The van der Waals surface area contributed by atoms with Gasteiger partial charge < -0.3 is 10.6 Å². The van der Waals surface area contributed by atoms with Crippen LogP contribution in [0.25, 0.3) is 0 Å². The van der Waals surface area contributed by atoms with Gasteiger partial charge in [-0.2, -0.15) is 0 Å². The van der Waals surface area contributed by atoms with Crippen molar-refractivity contribution in [1.29, 1.82) is 0 Å². The topological polar surface area (TPSA) is 66.9 Å². The van der Waals surface area contributed by atoms with E-state index in [1.165, 1.54) is 5.56 Å². The molecule has 0 bridgehead atoms. The highest BCUT2D eigenvalue weighted by atomic mass is 35.5. The van der Waals surface area contributed by atoms with Crippen molar-refractivity contribution in [2.45, 2.75) is 19.4 Å². The Morgan fingerprint density at radius 3 is 2.59 bits per heavy atom. The first kappa shape index (κ1) is 18.9. The quantitative estimate of drug-likeness (QED) is 0.577. The smallest absolute Gasteiger partial charge is 0.270 e. The van der Waals surface area contributed by atoms with Crippen LogP contribution in [-0.4, -0.2) is 22.4 Å². The molecule has 1 heterocycles. The van der Waals surface area contributed by atoms with Crippen molar-refractivity contribution in [3.05, 3.63) is 88.7 Å². The standard InChI is InChI=1S/C21H21ClN4O/c22-18-11-5-4-10-17(18)15-25-20(27)19-12-14-24-21(26-19)23-13-6-9-16-7-2-1-3-8-16/h1-5,7-8,10-12,14H,6,9,13,15H2,(H,25,27)(H,23,24,26). The van der Waals surface area contributed by atoms with Crippen LogP contribution in [0.15, 0.2) is 66.9 Å². The van der Waals surface area contributed by atoms with Crippen LogP contribution in [0.1, 0.15) is 28.0 Å². The number of aromatic nitrogens is 2. The first-order chi connectivity index (χ1) is 13.2. The Kier molecular flexibility index (Phi) is 6.77. The van der Waals surface area contributed by atoms with Crippen LogP contribution in [0.5, 0.6) is 0 Å². The monoisotopic (exact) mass is 380 g/mol. The number of halogens is 1. The van der Waals surface area contributed by atoms with Crippen LogP contribution in [0.4, 0.5) is 5.95 Å². The van der Waals surface area contributed by atoms with Crippen LogP contribution in [0, 0.1) is 0 Å². The SMILES string of the molecule is O=C(NCc1ccccc1Cl)c1ccnc(NCCCc2ccccc2)n1. The largest absolute Gasteiger partial charge is 0.354 e. The second kappa shape index (κ2) is 9.69. The fraction of sp³-hybridized carbons (Fsp3) is 0.190. The summed E-state index contributed by atoms with van der Waals surface area (Å²) in [7, 11) is 0. The molecule has 0 radical (unpaired) electrons. The van der Waals surface area contributed by atoms with Gasteiger partial charge in [-0.15, -0.1) is 0 Å². The van der Waals surface area contributed by atoms with E-state index in [0.29, 0.717) is 23.2 Å². The Bertz CT molecular complexity index is 886. The van der Waals surface area contributed by atoms with Gasteiger partial charge in [0.25, 0.3) is 5.91 Å². The molecule has 3 rings (SSSR count). The van der Waals surface area contributed by atoms with Gasteiger partial charge in [0.1, 0.15) is 5.69 Å². The number of rotatable bonds is 8. The molecule has 0 aliphatic rings. The number of nitrogens with one attached hydrogen (secondary N) is 2. The van der Waals surface area contributed by atoms with Crippen LogP contribution in [0.3, 0.4) is 0 Å². The molecule has 3 aromatic rings. The zero-order valence-corrected chi connectivity index (χ0v) is 15.6. The molecular weight excluding hydrogens is 360 g/mol. The van der Waals surface area contributed by atoms with Crippen LogP contribution in [0.2, 0.25) is 5.02 Å². The highest BCUT2D eigenvalue weighted by Gasteiger charge is 2.09. The van der Waals surface area contributed by atoms with Gasteiger partial charge in [-0.05, 0) is 36.1 Å². The van der Waals surface area contributed by atoms with Crippen LogP contribution >= 0.6 is 11.6 Å². The maximum Gasteiger partial charge on any atom is 0.270 e. The summed E-state index contributed by atoms with van der Waals surface area (Å²) >= 11 is 6.11. The van der Waals surface area contributed by atoms with Crippen LogP contribution in [-0.2, 0) is 13.0 Å². The maximum atomic E-state index is 12.3. The van der Waals surface area contributed by atoms with Crippen molar-refractivity contribution in [3.63, 3.8) is 0 Å². The predicted molar refractivity (Wildman–Crippen MR) is 108 cm³/mol. The summed E-state index contributed by atoms with van der Waals surface area (Å²) in [6, 6.07) is 19.3. The van der Waals surface area contributed by atoms with E-state index in [-0.39, 0.29) is 5.91 Å². The summed E-state index contributed by atoms with van der Waals surface area (Å²) in [6.45, 7) is 1.09. The first-order valence-corrected chi connectivity index (χ1v) is 9.22. The van der Waals surface area contributed by atoms with Crippen molar-refractivity contribution < 1.29 is 4.79 Å². The first-order valence-electron chi connectivity index (χ1n) is 8.85. The lowest BCUT2D eigenvalue weighted by Gasteiger charge is -2.08. The van der Waals surface area contributed by atoms with E-state index in [4.69, 9.17) is 11.6 Å². The van der Waals surface area contributed by atoms with Crippen LogP contribution < -0.4 is 10.6 Å². The molecule has 0 spiro atoms. The van der Waals surface area contributed by atoms with Gasteiger partial charge >= 0.3 is 0 Å². The second-order valence-electron chi connectivity index (χ2n) is 6.06. The number of benzene rings is 2. The van der Waals surface area contributed by atoms with Gasteiger partial charge in [0, 0.05) is 24.3 Å². The molecular formula is C21H21ClN4O. The third-order valence-corrected chi connectivity index (χ3v) is 4.42. The Morgan fingerprint density at radius 2 is 1.78 bits per heavy atom. The lowest BCUT2D eigenvalue weighted by atomic mass is 10.1. The van der Waals surface area contributed by atoms with Crippen molar-refractivity contribution >= 4 is 23.5 Å². The molecule has 0 unspecified atom stereocenters. The number of nitrogens with zero attached hydrogens (tertiary/aromatic N) is 2. The summed E-state index contributed by atoms with van der Waals surface area (Å²) in [5.41, 5.74) is 2.48. The minimum absolute atomic E-state index is 0.260. The van der Waals surface area contributed by atoms with Gasteiger partial charge in [-0.25, -0.2) is 9.97 Å². The number of carbonyl (C=O) groups is 1. The highest BCUT2D eigenvalue weighted by molar-refractivity contribution is 6.31. The van der Waals surface area contributed by atoms with Gasteiger partial charge in [0.2, 0.25) is 5.95 Å². The maximum absolute atomic E-state index is 12.3. The fourth-order valence-electron chi connectivity index (χ4n) is 2.62. The van der Waals surface area contributed by atoms with Crippen molar-refractivity contribution in [3.8, 4) is 0 Å². The van der Waals surface area contributed by atoms with E-state index >= 15 is 0 Å². The number of amides is 1. The van der Waals surface area contributed by atoms with Crippen molar-refractivity contribution in [2.24, 2.45) is 0 Å². The molecule has 0 fully saturated rings. The van der Waals surface area contributed by atoms with E-state index in [2.05, 4.69) is 32.7 Å². The fourth-order valence-corrected chi connectivity index (χ4v) is 2.82. The number of hydrogen-bond donors (Lipinski definition) is 2. The molecule has 0 saturated heterocycles. The Balaban J connectivity index is 1.49. The van der Waals surface area contributed by atoms with Gasteiger partial charge in [0.05, 0.1) is 0 Å². The summed E-state index contributed by atoms with van der Waals surface area (Å²) < 4.78 is 0. The molecule has 5 nitrogen and oxygen atoms in total. The lowest BCUT2D eigenvalue weighted by Crippen LogP contribution is -2.24. The summed E-state index contributed by atoms with van der Waals surface area (Å²) in [4.78, 5) is 20.8. The van der Waals surface area contributed by atoms with Crippen molar-refractivity contribution in [1.82, 2.24) is 15.3 Å². The van der Waals surface area contributed by atoms with E-state index in [1.54, 1.807) is 18.3 Å². The lowest BCUT2D eigenvalue weighted by molar-refractivity contribution is 0.0946. The predicted octanol–water partition coefficient (Wildman–Crippen LogP) is 4.10. The Hall–Kier alpha value is -2.92. The molecule has 1 aromatic heterocycles. The van der Waals surface area contributed by atoms with Gasteiger partial charge in [-0.3, -0.25) is 4.79 Å². The Labute approximate surface area is 163 Å². The summed E-state index contributed by atoms with van der Waals surface area (Å²) in [5.74, 6) is 0.193. The Morgan fingerprint density at radius 1 is 1.00 bits per heavy atom. The third kappa shape index (κ3) is 5.79. The second-order valence-corrected chi connectivity index (χ2v) is 6.46. The molecule has 0 aliphatic carbocycles. The molecule has 1 amide bonds. The molecule has 0 aliphatic heterocycles. The molecule has 2 aromatic carbocycles. The van der Waals surface area contributed by atoms with Gasteiger partial charge in [-0.1, -0.05) is 60.1 Å². The van der Waals surface area contributed by atoms with E-state index in [9.17, 15) is 4.79 Å². The van der Waals surface area contributed by atoms with E-state index < -0.39 is 0 Å². The number of anilines is 1. The molecule has 138 valence electrons. The molecule has 2 N–H and O–H groups in total. The zero-order valence-electron chi connectivity index (χ0n) is 14.9. The average molecular weight is 381 g/mol. The normalized spacial score (nSPS) is 10.4. The zero-order chi connectivity index (χ0) is 18.9. The van der Waals surface area contributed by atoms with E-state index in [0.717, 1.165) is 24.9 Å². The molecule has 6 heteroatoms.